The first-order valence-electron chi connectivity index (χ1n) is 6.91. The van der Waals surface area contributed by atoms with E-state index in [-0.39, 0.29) is 6.29 Å². The molecule has 0 radical (unpaired) electrons. The summed E-state index contributed by atoms with van der Waals surface area (Å²) in [6, 6.07) is 0. The fourth-order valence-electron chi connectivity index (χ4n) is 3.46. The molecule has 0 amide bonds. The van der Waals surface area contributed by atoms with Gasteiger partial charge < -0.3 is 9.47 Å². The van der Waals surface area contributed by atoms with Crippen LogP contribution in [0.3, 0.4) is 0 Å². The van der Waals surface area contributed by atoms with E-state index in [4.69, 9.17) is 9.47 Å². The third-order valence-corrected chi connectivity index (χ3v) is 4.28. The van der Waals surface area contributed by atoms with Gasteiger partial charge in [0.25, 0.3) is 0 Å². The lowest BCUT2D eigenvalue weighted by atomic mass is 9.71. The zero-order valence-electron chi connectivity index (χ0n) is 11.5. The van der Waals surface area contributed by atoms with Crippen molar-refractivity contribution in [3.05, 3.63) is 0 Å². The van der Waals surface area contributed by atoms with Gasteiger partial charge in [0.2, 0.25) is 0 Å². The Morgan fingerprint density at radius 1 is 0.812 bits per heavy atom. The van der Waals surface area contributed by atoms with E-state index in [1.807, 2.05) is 0 Å². The van der Waals surface area contributed by atoms with Gasteiger partial charge in [0, 0.05) is 13.0 Å². The summed E-state index contributed by atoms with van der Waals surface area (Å²) in [6.07, 6.45) is 5.14. The van der Waals surface area contributed by atoms with Gasteiger partial charge in [0.1, 0.15) is 0 Å². The molecule has 0 aliphatic carbocycles. The van der Waals surface area contributed by atoms with Gasteiger partial charge in [-0.05, 0) is 24.7 Å². The number of methoxy groups -OCH3 is 1. The molecule has 1 fully saturated rings. The van der Waals surface area contributed by atoms with Crippen LogP contribution in [0.2, 0.25) is 0 Å². The molecule has 16 heavy (non-hydrogen) atoms. The highest BCUT2D eigenvalue weighted by atomic mass is 16.7. The molecule has 2 nitrogen and oxygen atoms in total. The third kappa shape index (κ3) is 2.60. The van der Waals surface area contributed by atoms with Crippen LogP contribution >= 0.6 is 0 Å². The van der Waals surface area contributed by atoms with E-state index in [2.05, 4.69) is 27.7 Å². The monoisotopic (exact) mass is 228 g/mol. The van der Waals surface area contributed by atoms with E-state index in [0.29, 0.717) is 17.9 Å². The van der Waals surface area contributed by atoms with Gasteiger partial charge in [-0.2, -0.15) is 0 Å². The number of ether oxygens (including phenoxy) is 2. The smallest absolute Gasteiger partial charge is 0.160 e. The summed E-state index contributed by atoms with van der Waals surface area (Å²) in [4.78, 5) is 0. The van der Waals surface area contributed by atoms with Crippen LogP contribution in [-0.2, 0) is 9.47 Å². The van der Waals surface area contributed by atoms with Crippen LogP contribution < -0.4 is 0 Å². The molecule has 1 saturated heterocycles. The summed E-state index contributed by atoms with van der Waals surface area (Å²) in [5.41, 5.74) is 0. The first-order chi connectivity index (χ1) is 7.73. The number of rotatable bonds is 5. The minimum absolute atomic E-state index is 0.0164. The Hall–Kier alpha value is -0.0800. The van der Waals surface area contributed by atoms with E-state index in [1.54, 1.807) is 7.11 Å². The van der Waals surface area contributed by atoms with Gasteiger partial charge in [-0.15, -0.1) is 0 Å². The predicted molar refractivity (Wildman–Crippen MR) is 67.3 cm³/mol. The molecule has 2 heteroatoms. The van der Waals surface area contributed by atoms with Crippen molar-refractivity contribution in [3.8, 4) is 0 Å². The molecule has 96 valence electrons. The second-order valence-corrected chi connectivity index (χ2v) is 4.90. The largest absolute Gasteiger partial charge is 0.356 e. The average molecular weight is 228 g/mol. The molecule has 1 heterocycles. The van der Waals surface area contributed by atoms with Crippen LogP contribution in [-0.4, -0.2) is 19.5 Å². The summed E-state index contributed by atoms with van der Waals surface area (Å²) in [7, 11) is 1.78. The molecule has 1 rings (SSSR count). The molecule has 1 aliphatic rings. The molecule has 5 unspecified atom stereocenters. The van der Waals surface area contributed by atoms with E-state index in [1.165, 1.54) is 12.8 Å². The normalized spacial score (nSPS) is 39.9. The maximum absolute atomic E-state index is 6.10. The van der Waals surface area contributed by atoms with Crippen molar-refractivity contribution < 1.29 is 9.47 Å². The van der Waals surface area contributed by atoms with Crippen molar-refractivity contribution in [2.75, 3.05) is 7.11 Å². The molecule has 0 saturated carbocycles. The van der Waals surface area contributed by atoms with E-state index < -0.39 is 0 Å². The lowest BCUT2D eigenvalue weighted by Gasteiger charge is -2.46. The lowest BCUT2D eigenvalue weighted by Crippen LogP contribution is -2.47. The fraction of sp³-hybridized carbons (Fsp3) is 1.00. The summed E-state index contributed by atoms with van der Waals surface area (Å²) < 4.78 is 11.6. The Kier molecular flexibility index (Phi) is 5.77. The van der Waals surface area contributed by atoms with Crippen molar-refractivity contribution in [1.29, 1.82) is 0 Å². The van der Waals surface area contributed by atoms with Crippen LogP contribution in [0.25, 0.3) is 0 Å². The fourth-order valence-corrected chi connectivity index (χ4v) is 3.46. The Balaban J connectivity index is 2.85. The topological polar surface area (TPSA) is 18.5 Å². The van der Waals surface area contributed by atoms with Crippen molar-refractivity contribution in [3.63, 3.8) is 0 Å². The molecule has 0 aromatic heterocycles. The van der Waals surface area contributed by atoms with E-state index in [9.17, 15) is 0 Å². The zero-order chi connectivity index (χ0) is 12.1. The molecular formula is C14H28O2. The van der Waals surface area contributed by atoms with Crippen LogP contribution in [0.4, 0.5) is 0 Å². The predicted octanol–water partition coefficient (Wildman–Crippen LogP) is 3.85. The molecule has 0 bridgehead atoms. The third-order valence-electron chi connectivity index (χ3n) is 4.28. The van der Waals surface area contributed by atoms with Crippen LogP contribution in [0.15, 0.2) is 0 Å². The van der Waals surface area contributed by atoms with E-state index >= 15 is 0 Å². The van der Waals surface area contributed by atoms with Crippen molar-refractivity contribution in [1.82, 2.24) is 0 Å². The Morgan fingerprint density at radius 2 is 1.38 bits per heavy atom. The summed E-state index contributed by atoms with van der Waals surface area (Å²) in [5.74, 6) is 2.05. The summed E-state index contributed by atoms with van der Waals surface area (Å²) in [5, 5.41) is 0. The van der Waals surface area contributed by atoms with Gasteiger partial charge in [0.15, 0.2) is 6.29 Å². The molecule has 0 spiro atoms. The van der Waals surface area contributed by atoms with Crippen molar-refractivity contribution in [2.45, 2.75) is 65.8 Å². The van der Waals surface area contributed by atoms with Crippen LogP contribution in [0.5, 0.6) is 0 Å². The van der Waals surface area contributed by atoms with Gasteiger partial charge in [-0.3, -0.25) is 0 Å². The van der Waals surface area contributed by atoms with Gasteiger partial charge in [-0.1, -0.05) is 40.5 Å². The first-order valence-corrected chi connectivity index (χ1v) is 6.91. The second kappa shape index (κ2) is 6.61. The molecule has 0 aromatic rings. The quantitative estimate of drug-likeness (QED) is 0.711. The van der Waals surface area contributed by atoms with Gasteiger partial charge in [-0.25, -0.2) is 0 Å². The Morgan fingerprint density at radius 3 is 1.75 bits per heavy atom. The minimum Gasteiger partial charge on any atom is -0.356 e. The van der Waals surface area contributed by atoms with Crippen LogP contribution in [0.1, 0.15) is 53.4 Å². The first kappa shape index (κ1) is 14.0. The maximum Gasteiger partial charge on any atom is 0.160 e. The molecule has 5 atom stereocenters. The summed E-state index contributed by atoms with van der Waals surface area (Å²) >= 11 is 0. The SMILES string of the molecule is CCC1OC(OC)C(CC)C(CC)C1CC. The molecular weight excluding hydrogens is 200 g/mol. The Bertz CT molecular complexity index is 175. The standard InChI is InChI=1S/C14H28O2/c1-6-10-11(7-2)13(9-4)16-14(15-5)12(10)8-3/h10-14H,6-9H2,1-5H3. The van der Waals surface area contributed by atoms with Crippen molar-refractivity contribution in [2.24, 2.45) is 17.8 Å². The Labute approximate surface area is 101 Å². The number of hydrogen-bond donors (Lipinski definition) is 0. The van der Waals surface area contributed by atoms with Crippen molar-refractivity contribution >= 4 is 0 Å². The van der Waals surface area contributed by atoms with Gasteiger partial charge >= 0.3 is 0 Å². The molecule has 0 aromatic carbocycles. The van der Waals surface area contributed by atoms with E-state index in [0.717, 1.165) is 18.8 Å². The minimum atomic E-state index is 0.0164. The highest BCUT2D eigenvalue weighted by Crippen LogP contribution is 2.41. The second-order valence-electron chi connectivity index (χ2n) is 4.90. The lowest BCUT2D eigenvalue weighted by molar-refractivity contribution is -0.247. The zero-order valence-corrected chi connectivity index (χ0v) is 11.5. The number of hydrogen-bond acceptors (Lipinski definition) is 2. The highest BCUT2D eigenvalue weighted by molar-refractivity contribution is 4.86. The molecule has 1 aliphatic heterocycles. The van der Waals surface area contributed by atoms with Crippen LogP contribution in [0, 0.1) is 17.8 Å². The highest BCUT2D eigenvalue weighted by Gasteiger charge is 2.42. The molecule has 0 N–H and O–H groups in total. The average Bonchev–Trinajstić information content (AvgIpc) is 2.35. The maximum atomic E-state index is 6.10. The summed E-state index contributed by atoms with van der Waals surface area (Å²) in [6.45, 7) is 9.07. The van der Waals surface area contributed by atoms with Gasteiger partial charge in [0.05, 0.1) is 6.10 Å².